The van der Waals surface area contributed by atoms with Gasteiger partial charge < -0.3 is 15.5 Å². The summed E-state index contributed by atoms with van der Waals surface area (Å²) in [6.07, 6.45) is 8.13. The van der Waals surface area contributed by atoms with Crippen LogP contribution in [0, 0.1) is 12.8 Å². The van der Waals surface area contributed by atoms with Crippen LogP contribution in [0.1, 0.15) is 48.0 Å². The maximum absolute atomic E-state index is 12.9. The van der Waals surface area contributed by atoms with Crippen molar-refractivity contribution in [3.8, 4) is 0 Å². The molecule has 0 atom stereocenters. The van der Waals surface area contributed by atoms with E-state index in [1.54, 1.807) is 12.3 Å². The molecule has 3 heterocycles. The largest absolute Gasteiger partial charge is 0.384 e. The van der Waals surface area contributed by atoms with E-state index in [0.29, 0.717) is 16.4 Å². The molecule has 0 aliphatic carbocycles. The zero-order valence-electron chi connectivity index (χ0n) is 18.8. The van der Waals surface area contributed by atoms with Crippen LogP contribution in [0.4, 0.5) is 11.5 Å². The van der Waals surface area contributed by atoms with Crippen LogP contribution >= 0.6 is 23.4 Å². The standard InChI is InChI=1S/C25H33ClN4OS/c1-18-2-5-24(28-17-18)29-25(31)22-16-20(26)3-4-23(22)27-11-6-19-7-12-30(13-8-19)21-9-14-32-15-10-21/h2-5,16-17,19,21,27H,6-15H2,1H3,(H,28,29,31). The molecule has 4 rings (SSSR count). The fraction of sp³-hybridized carbons (Fsp3) is 0.520. The van der Waals surface area contributed by atoms with E-state index in [9.17, 15) is 4.79 Å². The molecule has 2 aliphatic heterocycles. The third-order valence-electron chi connectivity index (χ3n) is 6.60. The molecule has 2 aliphatic rings. The Bertz CT molecular complexity index is 893. The van der Waals surface area contributed by atoms with Gasteiger partial charge in [-0.3, -0.25) is 4.79 Å². The van der Waals surface area contributed by atoms with Crippen molar-refractivity contribution in [3.05, 3.63) is 52.7 Å². The number of carbonyl (C=O) groups excluding carboxylic acids is 1. The number of likely N-dealkylation sites (tertiary alicyclic amines) is 1. The first-order valence-electron chi connectivity index (χ1n) is 11.7. The Morgan fingerprint density at radius 3 is 2.66 bits per heavy atom. The van der Waals surface area contributed by atoms with Crippen molar-refractivity contribution < 1.29 is 4.79 Å². The number of carbonyl (C=O) groups is 1. The Balaban J connectivity index is 1.28. The van der Waals surface area contributed by atoms with E-state index < -0.39 is 0 Å². The van der Waals surface area contributed by atoms with Crippen molar-refractivity contribution in [2.45, 2.75) is 45.1 Å². The van der Waals surface area contributed by atoms with Gasteiger partial charge in [-0.05, 0) is 99.4 Å². The number of hydrogen-bond donors (Lipinski definition) is 2. The lowest BCUT2D eigenvalue weighted by molar-refractivity contribution is 0.102. The number of halogens is 1. The molecule has 2 aromatic rings. The topological polar surface area (TPSA) is 57.3 Å². The summed E-state index contributed by atoms with van der Waals surface area (Å²) in [7, 11) is 0. The second kappa shape index (κ2) is 11.4. The van der Waals surface area contributed by atoms with E-state index >= 15 is 0 Å². The van der Waals surface area contributed by atoms with Gasteiger partial charge in [-0.2, -0.15) is 11.8 Å². The van der Waals surface area contributed by atoms with Crippen molar-refractivity contribution >= 4 is 40.8 Å². The summed E-state index contributed by atoms with van der Waals surface area (Å²) >= 11 is 8.29. The van der Waals surface area contributed by atoms with Gasteiger partial charge in [0.15, 0.2) is 0 Å². The summed E-state index contributed by atoms with van der Waals surface area (Å²) in [5.41, 5.74) is 2.41. The number of nitrogens with one attached hydrogen (secondary N) is 2. The minimum Gasteiger partial charge on any atom is -0.384 e. The third kappa shape index (κ3) is 6.40. The molecule has 0 spiro atoms. The van der Waals surface area contributed by atoms with Crippen LogP contribution in [0.25, 0.3) is 0 Å². The molecular formula is C25H33ClN4OS. The van der Waals surface area contributed by atoms with Gasteiger partial charge >= 0.3 is 0 Å². The molecule has 2 N–H and O–H groups in total. The predicted octanol–water partition coefficient (Wildman–Crippen LogP) is 5.71. The molecule has 5 nitrogen and oxygen atoms in total. The maximum Gasteiger partial charge on any atom is 0.258 e. The van der Waals surface area contributed by atoms with Gasteiger partial charge in [-0.1, -0.05) is 17.7 Å². The highest BCUT2D eigenvalue weighted by molar-refractivity contribution is 7.99. The van der Waals surface area contributed by atoms with Crippen molar-refractivity contribution in [3.63, 3.8) is 0 Å². The molecule has 2 saturated heterocycles. The summed E-state index contributed by atoms with van der Waals surface area (Å²) in [5.74, 6) is 3.73. The van der Waals surface area contributed by atoms with Crippen LogP contribution in [-0.2, 0) is 0 Å². The molecule has 0 unspecified atom stereocenters. The second-order valence-electron chi connectivity index (χ2n) is 8.90. The number of benzene rings is 1. The van der Waals surface area contributed by atoms with Crippen molar-refractivity contribution in [1.82, 2.24) is 9.88 Å². The molecule has 0 saturated carbocycles. The highest BCUT2D eigenvalue weighted by Gasteiger charge is 2.26. The molecule has 0 bridgehead atoms. The van der Waals surface area contributed by atoms with Crippen LogP contribution in [0.2, 0.25) is 5.02 Å². The fourth-order valence-corrected chi connectivity index (χ4v) is 5.91. The first-order chi connectivity index (χ1) is 15.6. The van der Waals surface area contributed by atoms with Gasteiger partial charge in [0, 0.05) is 29.5 Å². The number of anilines is 2. The molecular weight excluding hydrogens is 440 g/mol. The number of nitrogens with zero attached hydrogens (tertiary/aromatic N) is 2. The van der Waals surface area contributed by atoms with Gasteiger partial charge in [0.25, 0.3) is 5.91 Å². The van der Waals surface area contributed by atoms with E-state index in [4.69, 9.17) is 11.6 Å². The number of piperidine rings is 1. The first kappa shape index (κ1) is 23.4. The van der Waals surface area contributed by atoms with E-state index in [1.807, 2.05) is 31.2 Å². The Morgan fingerprint density at radius 2 is 1.94 bits per heavy atom. The molecule has 7 heteroatoms. The molecule has 32 heavy (non-hydrogen) atoms. The minimum absolute atomic E-state index is 0.203. The van der Waals surface area contributed by atoms with E-state index in [-0.39, 0.29) is 5.91 Å². The zero-order chi connectivity index (χ0) is 22.3. The Morgan fingerprint density at radius 1 is 1.16 bits per heavy atom. The van der Waals surface area contributed by atoms with Crippen LogP contribution < -0.4 is 10.6 Å². The summed E-state index contributed by atoms with van der Waals surface area (Å²) in [5, 5.41) is 6.90. The number of aryl methyl sites for hydroxylation is 1. The van der Waals surface area contributed by atoms with Crippen LogP contribution in [0.3, 0.4) is 0 Å². The normalized spacial score (nSPS) is 18.4. The monoisotopic (exact) mass is 472 g/mol. The predicted molar refractivity (Wildman–Crippen MR) is 136 cm³/mol. The molecule has 1 aromatic heterocycles. The molecule has 0 radical (unpaired) electrons. The number of rotatable bonds is 7. The number of thioether (sulfide) groups is 1. The second-order valence-corrected chi connectivity index (χ2v) is 10.6. The highest BCUT2D eigenvalue weighted by Crippen LogP contribution is 2.28. The molecule has 2 fully saturated rings. The van der Waals surface area contributed by atoms with Crippen LogP contribution in [-0.4, -0.2) is 53.0 Å². The van der Waals surface area contributed by atoms with Gasteiger partial charge in [0.05, 0.1) is 5.56 Å². The van der Waals surface area contributed by atoms with Gasteiger partial charge in [0.2, 0.25) is 0 Å². The highest BCUT2D eigenvalue weighted by atomic mass is 35.5. The van der Waals surface area contributed by atoms with E-state index in [0.717, 1.165) is 36.2 Å². The van der Waals surface area contributed by atoms with Gasteiger partial charge in [0.1, 0.15) is 5.82 Å². The maximum atomic E-state index is 12.9. The number of amides is 1. The first-order valence-corrected chi connectivity index (χ1v) is 13.2. The third-order valence-corrected chi connectivity index (χ3v) is 7.89. The Labute approximate surface area is 200 Å². The van der Waals surface area contributed by atoms with Crippen molar-refractivity contribution in [1.29, 1.82) is 0 Å². The van der Waals surface area contributed by atoms with E-state index in [2.05, 4.69) is 32.3 Å². The minimum atomic E-state index is -0.203. The molecule has 1 amide bonds. The smallest absolute Gasteiger partial charge is 0.258 e. The Kier molecular flexibility index (Phi) is 8.33. The average molecular weight is 473 g/mol. The van der Waals surface area contributed by atoms with E-state index in [1.165, 1.54) is 50.3 Å². The van der Waals surface area contributed by atoms with Gasteiger partial charge in [-0.25, -0.2) is 4.98 Å². The van der Waals surface area contributed by atoms with Crippen LogP contribution in [0.5, 0.6) is 0 Å². The number of hydrogen-bond acceptors (Lipinski definition) is 5. The lowest BCUT2D eigenvalue weighted by Crippen LogP contribution is -2.43. The summed E-state index contributed by atoms with van der Waals surface area (Å²) in [6.45, 7) is 5.29. The molecule has 1 aromatic carbocycles. The van der Waals surface area contributed by atoms with Crippen molar-refractivity contribution in [2.24, 2.45) is 5.92 Å². The van der Waals surface area contributed by atoms with Crippen LogP contribution in [0.15, 0.2) is 36.5 Å². The number of pyridine rings is 1. The Hall–Kier alpha value is -1.76. The van der Waals surface area contributed by atoms with Gasteiger partial charge in [-0.15, -0.1) is 0 Å². The lowest BCUT2D eigenvalue weighted by Gasteiger charge is -2.39. The van der Waals surface area contributed by atoms with Crippen molar-refractivity contribution in [2.75, 3.05) is 41.8 Å². The summed E-state index contributed by atoms with van der Waals surface area (Å²) < 4.78 is 0. The fourth-order valence-electron chi connectivity index (χ4n) is 4.65. The summed E-state index contributed by atoms with van der Waals surface area (Å²) in [6, 6.07) is 9.99. The quantitative estimate of drug-likeness (QED) is 0.540. The lowest BCUT2D eigenvalue weighted by atomic mass is 9.92. The average Bonchev–Trinajstić information content (AvgIpc) is 2.82. The molecule has 172 valence electrons. The zero-order valence-corrected chi connectivity index (χ0v) is 20.4. The SMILES string of the molecule is Cc1ccc(NC(=O)c2cc(Cl)ccc2NCCC2CCN(C3CCSCC3)CC2)nc1. The number of aromatic nitrogens is 1. The summed E-state index contributed by atoms with van der Waals surface area (Å²) in [4.78, 5) is 19.9.